The molecule has 0 unspecified atom stereocenters. The van der Waals surface area contributed by atoms with Crippen molar-refractivity contribution in [2.45, 2.75) is 6.92 Å². The molecular formula is C15H11BrCl2N2O2. The fourth-order valence-corrected chi connectivity index (χ4v) is 2.65. The second-order valence-electron chi connectivity index (χ2n) is 4.49. The molecule has 2 amide bonds. The molecule has 0 aliphatic carbocycles. The molecular weight excluding hydrogens is 391 g/mol. The van der Waals surface area contributed by atoms with Gasteiger partial charge in [-0.15, -0.1) is 0 Å². The van der Waals surface area contributed by atoms with Crippen molar-refractivity contribution in [2.75, 3.05) is 10.6 Å². The highest BCUT2D eigenvalue weighted by Crippen LogP contribution is 2.25. The van der Waals surface area contributed by atoms with Gasteiger partial charge in [-0.3, -0.25) is 9.59 Å². The van der Waals surface area contributed by atoms with Gasteiger partial charge in [-0.2, -0.15) is 0 Å². The second kappa shape index (κ2) is 7.13. The Balaban J connectivity index is 2.07. The maximum atomic E-state index is 11.9. The van der Waals surface area contributed by atoms with Crippen LogP contribution >= 0.6 is 39.1 Å². The van der Waals surface area contributed by atoms with E-state index in [1.807, 2.05) is 13.0 Å². The van der Waals surface area contributed by atoms with E-state index in [4.69, 9.17) is 23.2 Å². The summed E-state index contributed by atoms with van der Waals surface area (Å²) in [5.74, 6) is -1.59. The number of benzene rings is 2. The number of anilines is 2. The average Bonchev–Trinajstić information content (AvgIpc) is 2.44. The van der Waals surface area contributed by atoms with E-state index < -0.39 is 11.8 Å². The Kier molecular flexibility index (Phi) is 5.45. The maximum Gasteiger partial charge on any atom is 0.314 e. The molecule has 114 valence electrons. The highest BCUT2D eigenvalue weighted by Gasteiger charge is 2.16. The van der Waals surface area contributed by atoms with E-state index in [0.717, 1.165) is 10.0 Å². The van der Waals surface area contributed by atoms with Crippen LogP contribution in [0.1, 0.15) is 5.56 Å². The number of rotatable bonds is 2. The largest absolute Gasteiger partial charge is 0.318 e. The van der Waals surface area contributed by atoms with Crippen LogP contribution in [0.3, 0.4) is 0 Å². The summed E-state index contributed by atoms with van der Waals surface area (Å²) in [5, 5.41) is 5.69. The molecule has 7 heteroatoms. The van der Waals surface area contributed by atoms with Gasteiger partial charge in [0.2, 0.25) is 0 Å². The lowest BCUT2D eigenvalue weighted by Crippen LogP contribution is -2.29. The number of hydrogen-bond acceptors (Lipinski definition) is 2. The van der Waals surface area contributed by atoms with Crippen molar-refractivity contribution in [2.24, 2.45) is 0 Å². The summed E-state index contributed by atoms with van der Waals surface area (Å²) in [6.45, 7) is 1.83. The molecule has 2 aromatic carbocycles. The van der Waals surface area contributed by atoms with Crippen LogP contribution in [0, 0.1) is 6.92 Å². The summed E-state index contributed by atoms with van der Waals surface area (Å²) in [4.78, 5) is 23.8. The molecule has 0 heterocycles. The van der Waals surface area contributed by atoms with Gasteiger partial charge in [-0.25, -0.2) is 0 Å². The summed E-state index contributed by atoms with van der Waals surface area (Å²) in [5.41, 5.74) is 1.71. The lowest BCUT2D eigenvalue weighted by molar-refractivity contribution is -0.133. The van der Waals surface area contributed by atoms with E-state index in [9.17, 15) is 9.59 Å². The van der Waals surface area contributed by atoms with E-state index in [-0.39, 0.29) is 5.02 Å². The third-order valence-electron chi connectivity index (χ3n) is 2.82. The molecule has 0 spiro atoms. The highest BCUT2D eigenvalue weighted by atomic mass is 79.9. The molecule has 0 aliphatic heterocycles. The number of halogens is 3. The van der Waals surface area contributed by atoms with E-state index >= 15 is 0 Å². The molecule has 0 saturated carbocycles. The second-order valence-corrected chi connectivity index (χ2v) is 6.25. The number of carbonyl (C=O) groups is 2. The normalized spacial score (nSPS) is 10.2. The predicted molar refractivity (Wildman–Crippen MR) is 92.6 cm³/mol. The molecule has 2 rings (SSSR count). The van der Waals surface area contributed by atoms with Gasteiger partial charge in [0.1, 0.15) is 0 Å². The van der Waals surface area contributed by atoms with Crippen LogP contribution in [0.2, 0.25) is 10.0 Å². The zero-order valence-electron chi connectivity index (χ0n) is 11.4. The summed E-state index contributed by atoms with van der Waals surface area (Å²) in [7, 11) is 0. The summed E-state index contributed by atoms with van der Waals surface area (Å²) in [6, 6.07) is 9.90. The van der Waals surface area contributed by atoms with Crippen LogP contribution in [-0.2, 0) is 9.59 Å². The van der Waals surface area contributed by atoms with Gasteiger partial charge >= 0.3 is 11.8 Å². The minimum absolute atomic E-state index is 0.258. The Labute approximate surface area is 145 Å². The number of amides is 2. The van der Waals surface area contributed by atoms with Gasteiger partial charge in [-0.1, -0.05) is 39.1 Å². The van der Waals surface area contributed by atoms with Gasteiger partial charge in [-0.05, 0) is 48.9 Å². The molecule has 0 aliphatic rings. The van der Waals surface area contributed by atoms with Gasteiger partial charge in [0.25, 0.3) is 0 Å². The zero-order valence-corrected chi connectivity index (χ0v) is 14.5. The SMILES string of the molecule is Cc1cc(Br)ccc1NC(=O)C(=O)Nc1ccc(Cl)cc1Cl. The molecule has 2 N–H and O–H groups in total. The molecule has 0 saturated heterocycles. The van der Waals surface area contributed by atoms with Crippen molar-refractivity contribution in [3.63, 3.8) is 0 Å². The van der Waals surface area contributed by atoms with Gasteiger partial charge in [0, 0.05) is 15.2 Å². The van der Waals surface area contributed by atoms with E-state index in [1.54, 1.807) is 18.2 Å². The molecule has 0 aromatic heterocycles. The molecule has 22 heavy (non-hydrogen) atoms. The predicted octanol–water partition coefficient (Wildman–Crippen LogP) is 4.64. The Bertz CT molecular complexity index is 687. The van der Waals surface area contributed by atoms with Gasteiger partial charge < -0.3 is 10.6 Å². The molecule has 0 bridgehead atoms. The summed E-state index contributed by atoms with van der Waals surface area (Å²) >= 11 is 15.1. The van der Waals surface area contributed by atoms with Crippen molar-refractivity contribution in [3.05, 3.63) is 56.5 Å². The monoisotopic (exact) mass is 400 g/mol. The van der Waals surface area contributed by atoms with Crippen LogP contribution in [-0.4, -0.2) is 11.8 Å². The highest BCUT2D eigenvalue weighted by molar-refractivity contribution is 9.10. The quantitative estimate of drug-likeness (QED) is 0.720. The smallest absolute Gasteiger partial charge is 0.314 e. The fourth-order valence-electron chi connectivity index (χ4n) is 1.72. The first-order valence-corrected chi connectivity index (χ1v) is 7.75. The minimum atomic E-state index is -0.813. The number of nitrogens with one attached hydrogen (secondary N) is 2. The van der Waals surface area contributed by atoms with E-state index in [2.05, 4.69) is 26.6 Å². The molecule has 4 nitrogen and oxygen atoms in total. The maximum absolute atomic E-state index is 11.9. The number of carbonyl (C=O) groups excluding carboxylic acids is 2. The summed E-state index contributed by atoms with van der Waals surface area (Å²) < 4.78 is 0.889. The molecule has 0 radical (unpaired) electrons. The molecule has 0 fully saturated rings. The lowest BCUT2D eigenvalue weighted by atomic mass is 10.2. The third kappa shape index (κ3) is 4.22. The number of aryl methyl sites for hydroxylation is 1. The Morgan fingerprint density at radius 2 is 1.55 bits per heavy atom. The van der Waals surface area contributed by atoms with Crippen molar-refractivity contribution in [1.29, 1.82) is 0 Å². The van der Waals surface area contributed by atoms with Gasteiger partial charge in [0.05, 0.1) is 10.7 Å². The standard InChI is InChI=1S/C15H11BrCl2N2O2/c1-8-6-9(16)2-4-12(8)19-14(21)15(22)20-13-5-3-10(17)7-11(13)18/h2-7H,1H3,(H,19,21)(H,20,22). The fraction of sp³-hybridized carbons (Fsp3) is 0.0667. The van der Waals surface area contributed by atoms with Gasteiger partial charge in [0.15, 0.2) is 0 Å². The van der Waals surface area contributed by atoms with Crippen LogP contribution < -0.4 is 10.6 Å². The first kappa shape index (κ1) is 16.8. The zero-order chi connectivity index (χ0) is 16.3. The van der Waals surface area contributed by atoms with Crippen LogP contribution in [0.4, 0.5) is 11.4 Å². The lowest BCUT2D eigenvalue weighted by Gasteiger charge is -2.10. The van der Waals surface area contributed by atoms with E-state index in [1.165, 1.54) is 12.1 Å². The first-order valence-electron chi connectivity index (χ1n) is 6.20. The van der Waals surface area contributed by atoms with Crippen LogP contribution in [0.25, 0.3) is 0 Å². The van der Waals surface area contributed by atoms with Crippen LogP contribution in [0.15, 0.2) is 40.9 Å². The van der Waals surface area contributed by atoms with Crippen molar-refractivity contribution >= 4 is 62.3 Å². The Morgan fingerprint density at radius 3 is 2.14 bits per heavy atom. The van der Waals surface area contributed by atoms with Crippen LogP contribution in [0.5, 0.6) is 0 Å². The Hall–Kier alpha value is -1.56. The molecule has 0 atom stereocenters. The topological polar surface area (TPSA) is 58.2 Å². The first-order chi connectivity index (χ1) is 10.4. The minimum Gasteiger partial charge on any atom is -0.318 e. The average molecular weight is 402 g/mol. The van der Waals surface area contributed by atoms with E-state index in [0.29, 0.717) is 16.4 Å². The third-order valence-corrected chi connectivity index (χ3v) is 3.86. The molecule has 2 aromatic rings. The van der Waals surface area contributed by atoms with Crippen molar-refractivity contribution in [1.82, 2.24) is 0 Å². The van der Waals surface area contributed by atoms with Crippen molar-refractivity contribution < 1.29 is 9.59 Å². The Morgan fingerprint density at radius 1 is 0.955 bits per heavy atom. The number of hydrogen-bond donors (Lipinski definition) is 2. The van der Waals surface area contributed by atoms with Crippen molar-refractivity contribution in [3.8, 4) is 0 Å². The summed E-state index contributed by atoms with van der Waals surface area (Å²) in [6.07, 6.45) is 0.